The Balaban J connectivity index is 2.34. The number of thiazole rings is 1. The van der Waals surface area contributed by atoms with Gasteiger partial charge < -0.3 is 5.11 Å². The van der Waals surface area contributed by atoms with Gasteiger partial charge in [-0.15, -0.1) is 11.3 Å². The minimum absolute atomic E-state index is 0.0106. The fraction of sp³-hybridized carbons (Fsp3) is 0.100. The molecule has 2 rings (SSSR count). The van der Waals surface area contributed by atoms with Crippen LogP contribution in [0.2, 0.25) is 0 Å². The standard InChI is InChI=1S/C10H7BrN2O2S/c11-9-7(5-8(14)15)16-10(13-9)6-1-3-12-4-2-6/h1-4H,5H2,(H,14,15). The first kappa shape index (κ1) is 11.2. The number of pyridine rings is 1. The van der Waals surface area contributed by atoms with Crippen LogP contribution >= 0.6 is 27.3 Å². The molecule has 2 aromatic heterocycles. The molecule has 0 saturated heterocycles. The highest BCUT2D eigenvalue weighted by Crippen LogP contribution is 2.30. The van der Waals surface area contributed by atoms with Gasteiger partial charge in [0, 0.05) is 18.0 Å². The normalized spacial score (nSPS) is 10.3. The van der Waals surface area contributed by atoms with Crippen molar-refractivity contribution < 1.29 is 9.90 Å². The zero-order chi connectivity index (χ0) is 11.5. The molecule has 6 heteroatoms. The highest BCUT2D eigenvalue weighted by Gasteiger charge is 2.12. The Bertz CT molecular complexity index is 513. The minimum atomic E-state index is -0.856. The molecule has 2 heterocycles. The number of carboxylic acids is 1. The average Bonchev–Trinajstić information content (AvgIpc) is 2.61. The third kappa shape index (κ3) is 2.45. The Morgan fingerprint density at radius 3 is 2.75 bits per heavy atom. The lowest BCUT2D eigenvalue weighted by atomic mass is 10.3. The smallest absolute Gasteiger partial charge is 0.308 e. The zero-order valence-corrected chi connectivity index (χ0v) is 10.5. The number of carboxylic acid groups (broad SMARTS) is 1. The summed E-state index contributed by atoms with van der Waals surface area (Å²) in [5, 5.41) is 9.52. The van der Waals surface area contributed by atoms with E-state index < -0.39 is 5.97 Å². The van der Waals surface area contributed by atoms with Gasteiger partial charge in [-0.25, -0.2) is 4.98 Å². The summed E-state index contributed by atoms with van der Waals surface area (Å²) in [4.78, 5) is 19.5. The second-order valence-corrected chi connectivity index (χ2v) is 4.87. The Labute approximate surface area is 104 Å². The van der Waals surface area contributed by atoms with Crippen molar-refractivity contribution >= 4 is 33.2 Å². The molecule has 0 fully saturated rings. The summed E-state index contributed by atoms with van der Waals surface area (Å²) in [6, 6.07) is 3.69. The summed E-state index contributed by atoms with van der Waals surface area (Å²) >= 11 is 4.64. The van der Waals surface area contributed by atoms with Crippen LogP contribution in [0.25, 0.3) is 10.6 Å². The molecule has 82 valence electrons. The summed E-state index contributed by atoms with van der Waals surface area (Å²) < 4.78 is 0.603. The van der Waals surface area contributed by atoms with Gasteiger partial charge in [-0.3, -0.25) is 9.78 Å². The van der Waals surface area contributed by atoms with Crippen LogP contribution in [-0.4, -0.2) is 21.0 Å². The largest absolute Gasteiger partial charge is 0.481 e. The molecule has 0 unspecified atom stereocenters. The summed E-state index contributed by atoms with van der Waals surface area (Å²) in [5.41, 5.74) is 0.942. The van der Waals surface area contributed by atoms with E-state index in [0.29, 0.717) is 4.60 Å². The monoisotopic (exact) mass is 298 g/mol. The van der Waals surface area contributed by atoms with Gasteiger partial charge in [0.15, 0.2) is 0 Å². The van der Waals surface area contributed by atoms with E-state index in [-0.39, 0.29) is 6.42 Å². The van der Waals surface area contributed by atoms with Crippen LogP contribution in [0.5, 0.6) is 0 Å². The van der Waals surface area contributed by atoms with Crippen molar-refractivity contribution in [1.29, 1.82) is 0 Å². The van der Waals surface area contributed by atoms with Crippen LogP contribution in [0.3, 0.4) is 0 Å². The van der Waals surface area contributed by atoms with Crippen LogP contribution < -0.4 is 0 Å². The van der Waals surface area contributed by atoms with Gasteiger partial charge >= 0.3 is 5.97 Å². The maximum absolute atomic E-state index is 10.6. The molecule has 0 aliphatic carbocycles. The van der Waals surface area contributed by atoms with Gasteiger partial charge in [-0.05, 0) is 28.1 Å². The number of aliphatic carboxylic acids is 1. The Hall–Kier alpha value is -1.27. The quantitative estimate of drug-likeness (QED) is 0.946. The second-order valence-electron chi connectivity index (χ2n) is 3.04. The van der Waals surface area contributed by atoms with Gasteiger partial charge in [0.2, 0.25) is 0 Å². The molecule has 0 aliphatic heterocycles. The van der Waals surface area contributed by atoms with Gasteiger partial charge in [0.05, 0.1) is 11.3 Å². The summed E-state index contributed by atoms with van der Waals surface area (Å²) in [6.07, 6.45) is 3.35. The summed E-state index contributed by atoms with van der Waals surface area (Å²) in [7, 11) is 0. The first-order chi connectivity index (χ1) is 7.66. The average molecular weight is 299 g/mol. The lowest BCUT2D eigenvalue weighted by Gasteiger charge is -1.92. The fourth-order valence-corrected chi connectivity index (χ4v) is 2.82. The molecule has 1 N–H and O–H groups in total. The van der Waals surface area contributed by atoms with Crippen molar-refractivity contribution in [2.24, 2.45) is 0 Å². The van der Waals surface area contributed by atoms with Gasteiger partial charge in [0.25, 0.3) is 0 Å². The van der Waals surface area contributed by atoms with E-state index in [1.165, 1.54) is 11.3 Å². The summed E-state index contributed by atoms with van der Waals surface area (Å²) in [6.45, 7) is 0. The van der Waals surface area contributed by atoms with E-state index in [4.69, 9.17) is 5.11 Å². The first-order valence-corrected chi connectivity index (χ1v) is 6.05. The number of halogens is 1. The van der Waals surface area contributed by atoms with Gasteiger partial charge in [-0.2, -0.15) is 0 Å². The molecular formula is C10H7BrN2O2S. The third-order valence-corrected chi connectivity index (χ3v) is 3.91. The minimum Gasteiger partial charge on any atom is -0.481 e. The van der Waals surface area contributed by atoms with E-state index >= 15 is 0 Å². The zero-order valence-electron chi connectivity index (χ0n) is 8.05. The number of rotatable bonds is 3. The molecule has 0 aromatic carbocycles. The molecule has 2 aromatic rings. The predicted octanol–water partition coefficient (Wildman–Crippen LogP) is 2.59. The predicted molar refractivity (Wildman–Crippen MR) is 64.4 cm³/mol. The SMILES string of the molecule is O=C(O)Cc1sc(-c2ccncc2)nc1Br. The number of aromatic nitrogens is 2. The maximum atomic E-state index is 10.6. The third-order valence-electron chi connectivity index (χ3n) is 1.89. The molecule has 0 radical (unpaired) electrons. The molecule has 0 aliphatic rings. The highest BCUT2D eigenvalue weighted by molar-refractivity contribution is 9.10. The highest BCUT2D eigenvalue weighted by atomic mass is 79.9. The number of carbonyl (C=O) groups is 1. The van der Waals surface area contributed by atoms with Crippen LogP contribution in [0.4, 0.5) is 0 Å². The van der Waals surface area contributed by atoms with Crippen LogP contribution in [0.15, 0.2) is 29.1 Å². The fourth-order valence-electron chi connectivity index (χ4n) is 1.20. The van der Waals surface area contributed by atoms with Crippen molar-refractivity contribution in [1.82, 2.24) is 9.97 Å². The first-order valence-electron chi connectivity index (χ1n) is 4.44. The Morgan fingerprint density at radius 1 is 1.44 bits per heavy atom. The number of nitrogens with zero attached hydrogens (tertiary/aromatic N) is 2. The Kier molecular flexibility index (Phi) is 3.31. The van der Waals surface area contributed by atoms with Crippen LogP contribution in [0.1, 0.15) is 4.88 Å². The molecule has 4 nitrogen and oxygen atoms in total. The van der Waals surface area contributed by atoms with Gasteiger partial charge in [0.1, 0.15) is 9.61 Å². The molecule has 16 heavy (non-hydrogen) atoms. The van der Waals surface area contributed by atoms with E-state index in [2.05, 4.69) is 25.9 Å². The van der Waals surface area contributed by atoms with E-state index in [1.54, 1.807) is 12.4 Å². The lowest BCUT2D eigenvalue weighted by Crippen LogP contribution is -1.98. The van der Waals surface area contributed by atoms with E-state index in [0.717, 1.165) is 15.4 Å². The van der Waals surface area contributed by atoms with Crippen molar-refractivity contribution in [3.05, 3.63) is 34.0 Å². The number of hydrogen-bond donors (Lipinski definition) is 1. The molecule has 0 saturated carbocycles. The molecule has 0 spiro atoms. The van der Waals surface area contributed by atoms with Crippen molar-refractivity contribution in [2.45, 2.75) is 6.42 Å². The van der Waals surface area contributed by atoms with Crippen molar-refractivity contribution in [2.75, 3.05) is 0 Å². The van der Waals surface area contributed by atoms with Gasteiger partial charge in [-0.1, -0.05) is 0 Å². The lowest BCUT2D eigenvalue weighted by molar-refractivity contribution is -0.136. The summed E-state index contributed by atoms with van der Waals surface area (Å²) in [5.74, 6) is -0.856. The van der Waals surface area contributed by atoms with Crippen molar-refractivity contribution in [3.8, 4) is 10.6 Å². The van der Waals surface area contributed by atoms with Crippen LogP contribution in [0, 0.1) is 0 Å². The number of hydrogen-bond acceptors (Lipinski definition) is 4. The second kappa shape index (κ2) is 4.71. The van der Waals surface area contributed by atoms with E-state index in [9.17, 15) is 4.79 Å². The Morgan fingerprint density at radius 2 is 2.12 bits per heavy atom. The topological polar surface area (TPSA) is 63.1 Å². The van der Waals surface area contributed by atoms with Crippen molar-refractivity contribution in [3.63, 3.8) is 0 Å². The molecule has 0 atom stereocenters. The van der Waals surface area contributed by atoms with E-state index in [1.807, 2.05) is 12.1 Å². The molecular weight excluding hydrogens is 292 g/mol. The molecule has 0 bridgehead atoms. The van der Waals surface area contributed by atoms with Crippen LogP contribution in [-0.2, 0) is 11.2 Å². The molecule has 0 amide bonds. The maximum Gasteiger partial charge on any atom is 0.308 e.